The third kappa shape index (κ3) is 2.26. The van der Waals surface area contributed by atoms with Crippen LogP contribution in [0.2, 0.25) is 5.02 Å². The van der Waals surface area contributed by atoms with Gasteiger partial charge in [-0.15, -0.1) is 5.10 Å². The van der Waals surface area contributed by atoms with Crippen LogP contribution in [0.3, 0.4) is 0 Å². The van der Waals surface area contributed by atoms with E-state index in [9.17, 15) is 0 Å². The molecule has 3 rings (SSSR count). The molecule has 2 heterocycles. The number of nitrogens with one attached hydrogen (secondary N) is 1. The van der Waals surface area contributed by atoms with Crippen LogP contribution in [0.25, 0.3) is 11.3 Å². The van der Waals surface area contributed by atoms with E-state index in [-0.39, 0.29) is 0 Å². The number of halogens is 1. The van der Waals surface area contributed by atoms with Crippen LogP contribution in [0.1, 0.15) is 18.9 Å². The summed E-state index contributed by atoms with van der Waals surface area (Å²) in [4.78, 5) is 0. The molecule has 1 aliphatic rings. The Hall–Kier alpha value is -1.39. The minimum Gasteiger partial charge on any atom is -0.315 e. The molecule has 0 bridgehead atoms. The zero-order chi connectivity index (χ0) is 12.4. The number of hydrogen-bond acceptors (Lipinski definition) is 3. The van der Waals surface area contributed by atoms with E-state index in [1.54, 1.807) is 0 Å². The molecule has 0 saturated carbocycles. The minimum atomic E-state index is 0.395. The summed E-state index contributed by atoms with van der Waals surface area (Å²) in [5.41, 5.74) is 2.16. The molecule has 0 amide bonds. The van der Waals surface area contributed by atoms with Crippen LogP contribution in [-0.2, 0) is 0 Å². The third-order valence-corrected chi connectivity index (χ3v) is 3.58. The van der Waals surface area contributed by atoms with Crippen molar-refractivity contribution in [1.29, 1.82) is 0 Å². The van der Waals surface area contributed by atoms with E-state index in [2.05, 4.69) is 15.6 Å². The van der Waals surface area contributed by atoms with Gasteiger partial charge in [-0.05, 0) is 31.5 Å². The fourth-order valence-electron chi connectivity index (χ4n) is 2.38. The highest BCUT2D eigenvalue weighted by atomic mass is 35.5. The van der Waals surface area contributed by atoms with Gasteiger partial charge in [0.25, 0.3) is 0 Å². The lowest BCUT2D eigenvalue weighted by atomic mass is 10.1. The molecule has 5 heteroatoms. The second kappa shape index (κ2) is 5.08. The maximum atomic E-state index is 5.91. The average Bonchev–Trinajstić information content (AvgIpc) is 2.90. The molecule has 1 fully saturated rings. The molecular weight excluding hydrogens is 248 g/mol. The summed E-state index contributed by atoms with van der Waals surface area (Å²) in [6.45, 7) is 2.06. The van der Waals surface area contributed by atoms with Gasteiger partial charge in [0.05, 0.1) is 17.9 Å². The summed E-state index contributed by atoms with van der Waals surface area (Å²) in [6, 6.07) is 8.20. The van der Waals surface area contributed by atoms with Gasteiger partial charge in [-0.2, -0.15) is 0 Å². The van der Waals surface area contributed by atoms with Crippen molar-refractivity contribution < 1.29 is 0 Å². The van der Waals surface area contributed by atoms with Crippen LogP contribution >= 0.6 is 11.6 Å². The lowest BCUT2D eigenvalue weighted by molar-refractivity contribution is 0.344. The highest BCUT2D eigenvalue weighted by molar-refractivity contribution is 6.30. The van der Waals surface area contributed by atoms with Crippen LogP contribution in [0.4, 0.5) is 0 Å². The van der Waals surface area contributed by atoms with Crippen molar-refractivity contribution >= 4 is 11.6 Å². The van der Waals surface area contributed by atoms with Gasteiger partial charge >= 0.3 is 0 Å². The van der Waals surface area contributed by atoms with E-state index >= 15 is 0 Å². The van der Waals surface area contributed by atoms with E-state index in [0.29, 0.717) is 6.04 Å². The van der Waals surface area contributed by atoms with E-state index in [0.717, 1.165) is 35.8 Å². The highest BCUT2D eigenvalue weighted by Gasteiger charge is 2.19. The monoisotopic (exact) mass is 262 g/mol. The Kier molecular flexibility index (Phi) is 3.30. The van der Waals surface area contributed by atoms with Crippen molar-refractivity contribution in [3.8, 4) is 11.3 Å². The van der Waals surface area contributed by atoms with Crippen LogP contribution in [0.5, 0.6) is 0 Å². The van der Waals surface area contributed by atoms with Crippen molar-refractivity contribution in [2.45, 2.75) is 18.9 Å². The SMILES string of the molecule is Clc1ccc(-c2cnnn2C2CCCNC2)cc1. The maximum absolute atomic E-state index is 5.91. The zero-order valence-corrected chi connectivity index (χ0v) is 10.8. The van der Waals surface area contributed by atoms with Gasteiger partial charge in [0.2, 0.25) is 0 Å². The summed E-state index contributed by atoms with van der Waals surface area (Å²) in [7, 11) is 0. The summed E-state index contributed by atoms with van der Waals surface area (Å²) >= 11 is 5.91. The standard InChI is InChI=1S/C13H15ClN4/c14-11-5-3-10(4-6-11)13-9-16-17-18(13)12-2-1-7-15-8-12/h3-6,9,12,15H,1-2,7-8H2. The van der Waals surface area contributed by atoms with Crippen molar-refractivity contribution in [2.24, 2.45) is 0 Å². The molecular formula is C13H15ClN4. The first-order chi connectivity index (χ1) is 8.84. The summed E-state index contributed by atoms with van der Waals surface area (Å²) in [5.74, 6) is 0. The topological polar surface area (TPSA) is 42.7 Å². The first kappa shape index (κ1) is 11.7. The summed E-state index contributed by atoms with van der Waals surface area (Å²) < 4.78 is 2.02. The molecule has 1 aliphatic heterocycles. The second-order valence-corrected chi connectivity index (χ2v) is 5.01. The molecule has 1 atom stereocenters. The molecule has 1 aromatic carbocycles. The number of nitrogens with zero attached hydrogens (tertiary/aromatic N) is 3. The van der Waals surface area contributed by atoms with Crippen LogP contribution < -0.4 is 5.32 Å². The van der Waals surface area contributed by atoms with E-state index in [4.69, 9.17) is 11.6 Å². The lowest BCUT2D eigenvalue weighted by Gasteiger charge is -2.24. The van der Waals surface area contributed by atoms with Crippen molar-refractivity contribution in [1.82, 2.24) is 20.3 Å². The van der Waals surface area contributed by atoms with Gasteiger partial charge in [0, 0.05) is 17.1 Å². The molecule has 0 aliphatic carbocycles. The van der Waals surface area contributed by atoms with Gasteiger partial charge in [-0.3, -0.25) is 0 Å². The Morgan fingerprint density at radius 1 is 1.28 bits per heavy atom. The molecule has 1 N–H and O–H groups in total. The number of rotatable bonds is 2. The number of hydrogen-bond donors (Lipinski definition) is 1. The molecule has 1 unspecified atom stereocenters. The van der Waals surface area contributed by atoms with Crippen molar-refractivity contribution in [2.75, 3.05) is 13.1 Å². The highest BCUT2D eigenvalue weighted by Crippen LogP contribution is 2.25. The van der Waals surface area contributed by atoms with Crippen LogP contribution in [0, 0.1) is 0 Å². The number of aromatic nitrogens is 3. The Labute approximate surface area is 111 Å². The van der Waals surface area contributed by atoms with Crippen molar-refractivity contribution in [3.05, 3.63) is 35.5 Å². The van der Waals surface area contributed by atoms with Gasteiger partial charge in [0.15, 0.2) is 0 Å². The van der Waals surface area contributed by atoms with Gasteiger partial charge in [-0.25, -0.2) is 4.68 Å². The van der Waals surface area contributed by atoms with E-state index in [1.165, 1.54) is 6.42 Å². The van der Waals surface area contributed by atoms with Gasteiger partial charge < -0.3 is 5.32 Å². The molecule has 2 aromatic rings. The van der Waals surface area contributed by atoms with Crippen LogP contribution in [0.15, 0.2) is 30.5 Å². The largest absolute Gasteiger partial charge is 0.315 e. The third-order valence-electron chi connectivity index (χ3n) is 3.33. The first-order valence-corrected chi connectivity index (χ1v) is 6.59. The number of piperidine rings is 1. The van der Waals surface area contributed by atoms with E-state index < -0.39 is 0 Å². The Balaban J connectivity index is 1.93. The average molecular weight is 263 g/mol. The normalized spacial score (nSPS) is 19.9. The van der Waals surface area contributed by atoms with Gasteiger partial charge in [-0.1, -0.05) is 28.9 Å². The summed E-state index contributed by atoms with van der Waals surface area (Å²) in [6.07, 6.45) is 4.15. The molecule has 1 aromatic heterocycles. The van der Waals surface area contributed by atoms with E-state index in [1.807, 2.05) is 35.1 Å². The molecule has 18 heavy (non-hydrogen) atoms. The Morgan fingerprint density at radius 2 is 2.11 bits per heavy atom. The lowest BCUT2D eigenvalue weighted by Crippen LogP contribution is -2.32. The second-order valence-electron chi connectivity index (χ2n) is 4.57. The fourth-order valence-corrected chi connectivity index (χ4v) is 2.51. The Bertz CT molecular complexity index is 514. The maximum Gasteiger partial charge on any atom is 0.0889 e. The van der Waals surface area contributed by atoms with Gasteiger partial charge in [0.1, 0.15) is 0 Å². The summed E-state index contributed by atoms with van der Waals surface area (Å²) in [5, 5.41) is 12.4. The first-order valence-electron chi connectivity index (χ1n) is 6.21. The fraction of sp³-hybridized carbons (Fsp3) is 0.385. The zero-order valence-electron chi connectivity index (χ0n) is 10.0. The van der Waals surface area contributed by atoms with Crippen LogP contribution in [-0.4, -0.2) is 28.1 Å². The molecule has 0 radical (unpaired) electrons. The quantitative estimate of drug-likeness (QED) is 0.904. The number of benzene rings is 1. The van der Waals surface area contributed by atoms with Crippen molar-refractivity contribution in [3.63, 3.8) is 0 Å². The molecule has 94 valence electrons. The predicted octanol–water partition coefficient (Wildman–Crippen LogP) is 2.52. The Morgan fingerprint density at radius 3 is 2.83 bits per heavy atom. The predicted molar refractivity (Wildman–Crippen MR) is 71.6 cm³/mol. The molecule has 4 nitrogen and oxygen atoms in total. The smallest absolute Gasteiger partial charge is 0.0889 e. The minimum absolute atomic E-state index is 0.395. The molecule has 0 spiro atoms. The molecule has 1 saturated heterocycles.